The molecule has 0 N–H and O–H groups in total. The van der Waals surface area contributed by atoms with Crippen molar-refractivity contribution in [2.45, 2.75) is 19.8 Å². The van der Waals surface area contributed by atoms with Crippen LogP contribution in [-0.4, -0.2) is 13.7 Å². The minimum Gasteiger partial charge on any atom is -0.497 e. The summed E-state index contributed by atoms with van der Waals surface area (Å²) in [5.74, 6) is 1.86. The molecule has 5 heteroatoms. The van der Waals surface area contributed by atoms with Crippen molar-refractivity contribution in [3.8, 4) is 5.75 Å². The first-order valence-electron chi connectivity index (χ1n) is 6.50. The highest BCUT2D eigenvalue weighted by Gasteiger charge is 2.40. The Balaban J connectivity index is 2.09. The van der Waals surface area contributed by atoms with Crippen LogP contribution in [0.1, 0.15) is 25.3 Å². The van der Waals surface area contributed by atoms with Crippen molar-refractivity contribution in [1.29, 1.82) is 0 Å². The van der Waals surface area contributed by atoms with E-state index in [2.05, 4.69) is 0 Å². The molecule has 1 unspecified atom stereocenters. The Kier molecular flexibility index (Phi) is 3.15. The topological polar surface area (TPSA) is 44.8 Å². The average Bonchev–Trinajstić information content (AvgIpc) is 3.23. The molecule has 1 saturated carbocycles. The van der Waals surface area contributed by atoms with Gasteiger partial charge in [-0.15, -0.1) is 0 Å². The van der Waals surface area contributed by atoms with Crippen molar-refractivity contribution in [2.24, 2.45) is 5.92 Å². The Labute approximate surface area is 112 Å². The van der Waals surface area contributed by atoms with E-state index >= 15 is 0 Å². The third-order valence-electron chi connectivity index (χ3n) is 3.33. The van der Waals surface area contributed by atoms with Gasteiger partial charge >= 0.3 is 7.60 Å². The van der Waals surface area contributed by atoms with Crippen molar-refractivity contribution in [2.75, 3.05) is 13.7 Å². The Bertz CT molecular complexity index is 575. The number of benzene rings is 1. The van der Waals surface area contributed by atoms with Gasteiger partial charge in [-0.1, -0.05) is 6.07 Å². The summed E-state index contributed by atoms with van der Waals surface area (Å²) < 4.78 is 29.3. The van der Waals surface area contributed by atoms with Crippen molar-refractivity contribution in [3.63, 3.8) is 0 Å². The normalized spacial score (nSPS) is 25.3. The van der Waals surface area contributed by atoms with E-state index in [1.165, 1.54) is 0 Å². The minimum atomic E-state index is -3.26. The van der Waals surface area contributed by atoms with Crippen LogP contribution in [0.4, 0.5) is 0 Å². The van der Waals surface area contributed by atoms with Crippen LogP contribution in [-0.2, 0) is 13.6 Å². The predicted octanol–water partition coefficient (Wildman–Crippen LogP) is 3.33. The molecule has 1 aromatic carbocycles. The summed E-state index contributed by atoms with van der Waals surface area (Å²) in [5, 5.41) is 0.595. The van der Waals surface area contributed by atoms with E-state index < -0.39 is 7.60 Å². The Morgan fingerprint density at radius 1 is 1.42 bits per heavy atom. The summed E-state index contributed by atoms with van der Waals surface area (Å²) in [6.07, 6.45) is 4.18. The highest BCUT2D eigenvalue weighted by Crippen LogP contribution is 2.56. The molecule has 0 radical (unpaired) electrons. The van der Waals surface area contributed by atoms with Gasteiger partial charge < -0.3 is 9.26 Å². The lowest BCUT2D eigenvalue weighted by Crippen LogP contribution is -2.18. The third kappa shape index (κ3) is 2.31. The number of allylic oxidation sites excluding steroid dienone is 1. The maximum Gasteiger partial charge on any atom is 0.411 e. The van der Waals surface area contributed by atoms with Crippen LogP contribution in [0.15, 0.2) is 24.0 Å². The number of fused-ring (bicyclic) bond motifs is 1. The predicted molar refractivity (Wildman–Crippen MR) is 73.6 cm³/mol. The highest BCUT2D eigenvalue weighted by molar-refractivity contribution is 7.62. The lowest BCUT2D eigenvalue weighted by atomic mass is 10.1. The van der Waals surface area contributed by atoms with Crippen LogP contribution in [0.25, 0.3) is 6.08 Å². The highest BCUT2D eigenvalue weighted by atomic mass is 31.2. The standard InChI is InChI=1S/C14H17O4P/c1-3-17-19(15)14-9-12(16-2)7-6-11(14)8-13(18-19)10-4-5-10/h6-10H,3-5H2,1-2H3. The molecule has 1 aliphatic carbocycles. The first kappa shape index (κ1) is 12.8. The first-order valence-corrected chi connectivity index (χ1v) is 8.05. The minimum absolute atomic E-state index is 0.353. The fourth-order valence-electron chi connectivity index (χ4n) is 2.20. The number of ether oxygens (including phenoxy) is 1. The molecule has 0 amide bonds. The molecule has 2 aliphatic rings. The SMILES string of the molecule is CCOP1(=O)OC(C2CC2)=Cc2ccc(OC)cc21. The number of hydrogen-bond donors (Lipinski definition) is 0. The molecule has 102 valence electrons. The maximum absolute atomic E-state index is 12.9. The molecule has 0 aromatic heterocycles. The third-order valence-corrected chi connectivity index (χ3v) is 5.36. The maximum atomic E-state index is 12.9. The molecule has 1 fully saturated rings. The molecule has 0 saturated heterocycles. The largest absolute Gasteiger partial charge is 0.497 e. The Morgan fingerprint density at radius 3 is 2.84 bits per heavy atom. The second kappa shape index (κ2) is 4.69. The molecule has 1 heterocycles. The van der Waals surface area contributed by atoms with Gasteiger partial charge in [0.1, 0.15) is 11.5 Å². The molecular formula is C14H17O4P. The number of methoxy groups -OCH3 is 1. The van der Waals surface area contributed by atoms with E-state index in [9.17, 15) is 4.57 Å². The fraction of sp³-hybridized carbons (Fsp3) is 0.429. The van der Waals surface area contributed by atoms with Crippen LogP contribution in [0.5, 0.6) is 5.75 Å². The van der Waals surface area contributed by atoms with Crippen molar-refractivity contribution in [1.82, 2.24) is 0 Å². The number of hydrogen-bond acceptors (Lipinski definition) is 4. The van der Waals surface area contributed by atoms with E-state index in [0.29, 0.717) is 23.6 Å². The quantitative estimate of drug-likeness (QED) is 0.793. The molecule has 0 spiro atoms. The summed E-state index contributed by atoms with van der Waals surface area (Å²) in [6, 6.07) is 5.51. The fourth-order valence-corrected chi connectivity index (χ4v) is 4.05. The molecular weight excluding hydrogens is 263 g/mol. The van der Waals surface area contributed by atoms with Gasteiger partial charge in [-0.3, -0.25) is 4.52 Å². The second-order valence-electron chi connectivity index (χ2n) is 4.75. The second-order valence-corrected chi connectivity index (χ2v) is 6.67. The first-order chi connectivity index (χ1) is 9.16. The monoisotopic (exact) mass is 280 g/mol. The zero-order valence-electron chi connectivity index (χ0n) is 11.1. The molecule has 0 bridgehead atoms. The van der Waals surface area contributed by atoms with Crippen LogP contribution >= 0.6 is 7.60 Å². The van der Waals surface area contributed by atoms with E-state index in [1.807, 2.05) is 25.1 Å². The van der Waals surface area contributed by atoms with Crippen molar-refractivity contribution >= 4 is 19.0 Å². The van der Waals surface area contributed by atoms with Gasteiger partial charge in [0.2, 0.25) is 0 Å². The smallest absolute Gasteiger partial charge is 0.411 e. The molecule has 3 rings (SSSR count). The average molecular weight is 280 g/mol. The summed E-state index contributed by atoms with van der Waals surface area (Å²) >= 11 is 0. The molecule has 4 nitrogen and oxygen atoms in total. The van der Waals surface area contributed by atoms with E-state index in [-0.39, 0.29) is 0 Å². The van der Waals surface area contributed by atoms with Gasteiger partial charge in [0.05, 0.1) is 19.0 Å². The van der Waals surface area contributed by atoms with Crippen LogP contribution < -0.4 is 10.0 Å². The van der Waals surface area contributed by atoms with Gasteiger partial charge in [-0.25, -0.2) is 4.57 Å². The summed E-state index contributed by atoms with van der Waals surface area (Å²) in [7, 11) is -1.68. The summed E-state index contributed by atoms with van der Waals surface area (Å²) in [6.45, 7) is 2.17. The zero-order valence-corrected chi connectivity index (χ0v) is 12.0. The number of rotatable bonds is 4. The Hall–Kier alpha value is -1.25. The molecule has 1 atom stereocenters. The van der Waals surface area contributed by atoms with Gasteiger partial charge in [0.15, 0.2) is 0 Å². The lowest BCUT2D eigenvalue weighted by Gasteiger charge is -2.26. The van der Waals surface area contributed by atoms with Crippen LogP contribution in [0, 0.1) is 5.92 Å². The molecule has 1 aromatic rings. The van der Waals surface area contributed by atoms with E-state index in [1.54, 1.807) is 13.2 Å². The molecule has 1 aliphatic heterocycles. The molecule has 19 heavy (non-hydrogen) atoms. The summed E-state index contributed by atoms with van der Waals surface area (Å²) in [5.41, 5.74) is 0.908. The van der Waals surface area contributed by atoms with E-state index in [4.69, 9.17) is 13.8 Å². The van der Waals surface area contributed by atoms with Gasteiger partial charge in [-0.05, 0) is 43.5 Å². The Morgan fingerprint density at radius 2 is 2.21 bits per heavy atom. The van der Waals surface area contributed by atoms with E-state index in [0.717, 1.165) is 24.2 Å². The van der Waals surface area contributed by atoms with Crippen LogP contribution in [0.3, 0.4) is 0 Å². The van der Waals surface area contributed by atoms with Gasteiger partial charge in [0, 0.05) is 5.92 Å². The van der Waals surface area contributed by atoms with Crippen LogP contribution in [0.2, 0.25) is 0 Å². The summed E-state index contributed by atoms with van der Waals surface area (Å²) in [4.78, 5) is 0. The van der Waals surface area contributed by atoms with Crippen molar-refractivity contribution < 1.29 is 18.3 Å². The zero-order chi connectivity index (χ0) is 13.5. The lowest BCUT2D eigenvalue weighted by molar-refractivity contribution is 0.252. The van der Waals surface area contributed by atoms with Crippen molar-refractivity contribution in [3.05, 3.63) is 29.5 Å². The van der Waals surface area contributed by atoms with Gasteiger partial charge in [0.25, 0.3) is 0 Å². The van der Waals surface area contributed by atoms with Gasteiger partial charge in [-0.2, -0.15) is 0 Å².